The molecule has 4 rings (SSSR count). The normalized spacial score (nSPS) is 54.9. The van der Waals surface area contributed by atoms with Gasteiger partial charge in [-0.25, -0.2) is 0 Å². The summed E-state index contributed by atoms with van der Waals surface area (Å²) < 4.78 is 0. The molecule has 0 saturated heterocycles. The molecule has 2 N–H and O–H groups in total. The van der Waals surface area contributed by atoms with Crippen molar-refractivity contribution in [3.8, 4) is 0 Å². The molecule has 0 aromatic heterocycles. The van der Waals surface area contributed by atoms with Crippen LogP contribution in [0, 0.1) is 46.3 Å². The smallest absolute Gasteiger partial charge is 0.0577 e. The Hall–Kier alpha value is -0.0800. The Morgan fingerprint density at radius 1 is 0.923 bits per heavy atom. The second kappa shape index (κ2) is 6.76. The molecular weight excluding hydrogens is 320 g/mol. The minimum atomic E-state index is -0.131. The molecule has 4 aliphatic rings. The molecule has 26 heavy (non-hydrogen) atoms. The van der Waals surface area contributed by atoms with Crippen LogP contribution in [0.15, 0.2) is 0 Å². The fourth-order valence-corrected chi connectivity index (χ4v) is 8.83. The number of hydrogen-bond acceptors (Lipinski definition) is 2. The molecule has 4 saturated carbocycles. The molecular formula is C24H42O2. The molecule has 2 nitrogen and oxygen atoms in total. The third kappa shape index (κ3) is 2.72. The average molecular weight is 363 g/mol. The largest absolute Gasteiger partial charge is 0.393 e. The lowest BCUT2D eigenvalue weighted by Gasteiger charge is -2.62. The third-order valence-corrected chi connectivity index (χ3v) is 10.2. The Morgan fingerprint density at radius 2 is 1.62 bits per heavy atom. The lowest BCUT2D eigenvalue weighted by atomic mass is 9.43. The molecule has 0 bridgehead atoms. The second-order valence-corrected chi connectivity index (χ2v) is 11.2. The molecule has 0 amide bonds. The second-order valence-electron chi connectivity index (χ2n) is 11.2. The molecule has 0 aliphatic heterocycles. The zero-order chi connectivity index (χ0) is 18.7. The number of fused-ring (bicyclic) bond motifs is 5. The van der Waals surface area contributed by atoms with Crippen LogP contribution in [-0.2, 0) is 0 Å². The molecule has 0 aromatic rings. The first-order valence-corrected chi connectivity index (χ1v) is 11.7. The summed E-state index contributed by atoms with van der Waals surface area (Å²) in [4.78, 5) is 0. The first-order valence-electron chi connectivity index (χ1n) is 11.7. The summed E-state index contributed by atoms with van der Waals surface area (Å²) in [5.41, 5.74) is 0.811. The van der Waals surface area contributed by atoms with E-state index in [0.29, 0.717) is 28.6 Å². The molecule has 0 spiro atoms. The van der Waals surface area contributed by atoms with Crippen molar-refractivity contribution < 1.29 is 10.2 Å². The molecule has 150 valence electrons. The van der Waals surface area contributed by atoms with E-state index in [1.165, 1.54) is 44.9 Å². The van der Waals surface area contributed by atoms with E-state index in [0.717, 1.165) is 37.0 Å². The van der Waals surface area contributed by atoms with Crippen LogP contribution < -0.4 is 0 Å². The summed E-state index contributed by atoms with van der Waals surface area (Å²) in [6.07, 6.45) is 11.8. The van der Waals surface area contributed by atoms with Crippen LogP contribution >= 0.6 is 0 Å². The van der Waals surface area contributed by atoms with Gasteiger partial charge in [-0.3, -0.25) is 0 Å². The highest BCUT2D eigenvalue weighted by Gasteiger charge is 2.62. The van der Waals surface area contributed by atoms with Crippen molar-refractivity contribution in [2.45, 2.75) is 104 Å². The van der Waals surface area contributed by atoms with E-state index in [1.807, 2.05) is 0 Å². The van der Waals surface area contributed by atoms with E-state index >= 15 is 0 Å². The maximum atomic E-state index is 11.3. The van der Waals surface area contributed by atoms with Gasteiger partial charge in [0.1, 0.15) is 0 Å². The van der Waals surface area contributed by atoms with Crippen LogP contribution in [0.25, 0.3) is 0 Å². The summed E-state index contributed by atoms with van der Waals surface area (Å²) in [6.45, 7) is 9.92. The minimum absolute atomic E-state index is 0.128. The first kappa shape index (κ1) is 19.2. The SMILES string of the molecule is CCC[C@@H](C)[C@H]1CC[C@H]2[C@@H]3[C@H](O)C[C@@H]4C[C@H](O)CC[C@]4(C)[C@H]3CC[C@]12C. The van der Waals surface area contributed by atoms with Gasteiger partial charge in [0.2, 0.25) is 0 Å². The van der Waals surface area contributed by atoms with Crippen molar-refractivity contribution >= 4 is 0 Å². The number of rotatable bonds is 3. The summed E-state index contributed by atoms with van der Waals surface area (Å²) in [7, 11) is 0. The molecule has 4 fully saturated rings. The fraction of sp³-hybridized carbons (Fsp3) is 1.00. The zero-order valence-corrected chi connectivity index (χ0v) is 17.6. The Balaban J connectivity index is 1.61. The quantitative estimate of drug-likeness (QED) is 0.704. The maximum Gasteiger partial charge on any atom is 0.0577 e. The Kier molecular flexibility index (Phi) is 5.01. The molecule has 0 aromatic carbocycles. The van der Waals surface area contributed by atoms with Gasteiger partial charge in [0.05, 0.1) is 12.2 Å². The van der Waals surface area contributed by atoms with Crippen molar-refractivity contribution in [3.05, 3.63) is 0 Å². The third-order valence-electron chi connectivity index (χ3n) is 10.2. The summed E-state index contributed by atoms with van der Waals surface area (Å²) >= 11 is 0. The van der Waals surface area contributed by atoms with Gasteiger partial charge in [0.15, 0.2) is 0 Å². The van der Waals surface area contributed by atoms with Gasteiger partial charge in [0, 0.05) is 0 Å². The zero-order valence-electron chi connectivity index (χ0n) is 17.6. The topological polar surface area (TPSA) is 40.5 Å². The fourth-order valence-electron chi connectivity index (χ4n) is 8.83. The lowest BCUT2D eigenvalue weighted by molar-refractivity contribution is -0.174. The number of aliphatic hydroxyl groups excluding tert-OH is 2. The van der Waals surface area contributed by atoms with Crippen LogP contribution in [0.2, 0.25) is 0 Å². The molecule has 4 aliphatic carbocycles. The Bertz CT molecular complexity index is 518. The van der Waals surface area contributed by atoms with Crippen molar-refractivity contribution in [1.29, 1.82) is 0 Å². The predicted molar refractivity (Wildman–Crippen MR) is 107 cm³/mol. The van der Waals surface area contributed by atoms with E-state index in [1.54, 1.807) is 0 Å². The maximum absolute atomic E-state index is 11.3. The van der Waals surface area contributed by atoms with E-state index in [2.05, 4.69) is 27.7 Å². The number of aliphatic hydroxyl groups is 2. The summed E-state index contributed by atoms with van der Waals surface area (Å²) in [5, 5.41) is 21.5. The molecule has 0 unspecified atom stereocenters. The highest BCUT2D eigenvalue weighted by atomic mass is 16.3. The van der Waals surface area contributed by atoms with E-state index in [4.69, 9.17) is 0 Å². The highest BCUT2D eigenvalue weighted by Crippen LogP contribution is 2.68. The highest BCUT2D eigenvalue weighted by molar-refractivity contribution is 5.11. The lowest BCUT2D eigenvalue weighted by Crippen LogP contribution is -2.58. The molecule has 10 atom stereocenters. The van der Waals surface area contributed by atoms with E-state index in [-0.39, 0.29) is 12.2 Å². The van der Waals surface area contributed by atoms with Gasteiger partial charge in [-0.1, -0.05) is 40.5 Å². The monoisotopic (exact) mass is 362 g/mol. The van der Waals surface area contributed by atoms with Crippen LogP contribution in [0.4, 0.5) is 0 Å². The summed E-state index contributed by atoms with van der Waals surface area (Å²) in [5.74, 6) is 4.15. The Labute approximate surface area is 161 Å². The molecule has 0 heterocycles. The van der Waals surface area contributed by atoms with Crippen LogP contribution in [0.1, 0.15) is 91.9 Å². The van der Waals surface area contributed by atoms with Crippen LogP contribution in [0.3, 0.4) is 0 Å². The summed E-state index contributed by atoms with van der Waals surface area (Å²) in [6, 6.07) is 0. The van der Waals surface area contributed by atoms with Crippen LogP contribution in [0.5, 0.6) is 0 Å². The van der Waals surface area contributed by atoms with Crippen molar-refractivity contribution in [3.63, 3.8) is 0 Å². The van der Waals surface area contributed by atoms with E-state index < -0.39 is 0 Å². The van der Waals surface area contributed by atoms with Crippen molar-refractivity contribution in [1.82, 2.24) is 0 Å². The van der Waals surface area contributed by atoms with Gasteiger partial charge in [-0.2, -0.15) is 0 Å². The van der Waals surface area contributed by atoms with E-state index in [9.17, 15) is 10.2 Å². The van der Waals surface area contributed by atoms with Gasteiger partial charge >= 0.3 is 0 Å². The van der Waals surface area contributed by atoms with Gasteiger partial charge < -0.3 is 10.2 Å². The van der Waals surface area contributed by atoms with Gasteiger partial charge in [-0.05, 0) is 97.7 Å². The Morgan fingerprint density at radius 3 is 2.35 bits per heavy atom. The predicted octanol–water partition coefficient (Wildman–Crippen LogP) is 5.41. The molecule has 0 radical (unpaired) electrons. The van der Waals surface area contributed by atoms with Crippen molar-refractivity contribution in [2.75, 3.05) is 0 Å². The molecule has 2 heteroatoms. The van der Waals surface area contributed by atoms with Crippen LogP contribution in [-0.4, -0.2) is 22.4 Å². The number of hydrogen-bond donors (Lipinski definition) is 2. The first-order chi connectivity index (χ1) is 12.3. The van der Waals surface area contributed by atoms with Gasteiger partial charge in [0.25, 0.3) is 0 Å². The minimum Gasteiger partial charge on any atom is -0.393 e. The standard InChI is InChI=1S/C24H42O2/c1-5-6-15(2)18-7-8-19-22-20(10-12-24(18,19)4)23(3)11-9-17(25)13-16(23)14-21(22)26/h15-22,25-26H,5-14H2,1-4H3/t15-,16+,17-,18-,19+,20+,21-,22+,23+,24-/m1/s1. The van der Waals surface area contributed by atoms with Crippen molar-refractivity contribution in [2.24, 2.45) is 46.3 Å². The average Bonchev–Trinajstić information content (AvgIpc) is 2.94. The van der Waals surface area contributed by atoms with Gasteiger partial charge in [-0.15, -0.1) is 0 Å².